The summed E-state index contributed by atoms with van der Waals surface area (Å²) in [5, 5.41) is 9.13. The van der Waals surface area contributed by atoms with Crippen molar-refractivity contribution in [2.24, 2.45) is 5.92 Å². The molecule has 28 heavy (non-hydrogen) atoms. The predicted octanol–water partition coefficient (Wildman–Crippen LogP) is 1.99. The lowest BCUT2D eigenvalue weighted by Crippen LogP contribution is -2.43. The van der Waals surface area contributed by atoms with E-state index in [0.717, 1.165) is 63.6 Å². The van der Waals surface area contributed by atoms with Gasteiger partial charge in [0.15, 0.2) is 5.82 Å². The fraction of sp³-hybridized carbons (Fsp3) is 0.700. The van der Waals surface area contributed by atoms with E-state index < -0.39 is 0 Å². The van der Waals surface area contributed by atoms with Gasteiger partial charge in [0, 0.05) is 56.6 Å². The number of hydrogen-bond acceptors (Lipinski definition) is 5. The van der Waals surface area contributed by atoms with Gasteiger partial charge in [-0.05, 0) is 38.5 Å². The Hall–Kier alpha value is -2.22. The van der Waals surface area contributed by atoms with E-state index in [2.05, 4.69) is 24.6 Å². The number of carbonyl (C=O) groups is 1. The molecule has 2 aromatic heterocycles. The van der Waals surface area contributed by atoms with Crippen LogP contribution in [0.2, 0.25) is 0 Å². The molecule has 5 rings (SSSR count). The number of ether oxygens (including phenoxy) is 1. The van der Waals surface area contributed by atoms with Crippen molar-refractivity contribution >= 4 is 5.91 Å². The van der Waals surface area contributed by atoms with E-state index in [9.17, 15) is 4.79 Å². The molecule has 2 aliphatic heterocycles. The van der Waals surface area contributed by atoms with Gasteiger partial charge in [-0.15, -0.1) is 10.2 Å². The second-order valence-electron chi connectivity index (χ2n) is 8.30. The van der Waals surface area contributed by atoms with Gasteiger partial charge in [-0.2, -0.15) is 0 Å². The summed E-state index contributed by atoms with van der Waals surface area (Å²) < 4.78 is 9.82. The van der Waals surface area contributed by atoms with Gasteiger partial charge >= 0.3 is 0 Å². The minimum absolute atomic E-state index is 0.155. The van der Waals surface area contributed by atoms with Gasteiger partial charge in [0.1, 0.15) is 5.82 Å². The van der Waals surface area contributed by atoms with Crippen molar-refractivity contribution in [3.8, 4) is 0 Å². The Morgan fingerprint density at radius 2 is 1.86 bits per heavy atom. The summed E-state index contributed by atoms with van der Waals surface area (Å²) in [6, 6.07) is 0.547. The van der Waals surface area contributed by atoms with Crippen LogP contribution in [0.15, 0.2) is 18.7 Å². The van der Waals surface area contributed by atoms with E-state index in [4.69, 9.17) is 4.74 Å². The molecule has 0 spiro atoms. The summed E-state index contributed by atoms with van der Waals surface area (Å²) >= 11 is 0. The summed E-state index contributed by atoms with van der Waals surface area (Å²) in [5.74, 6) is 3.02. The molecule has 2 saturated heterocycles. The second kappa shape index (κ2) is 7.66. The minimum atomic E-state index is 0.155. The normalized spacial score (nSPS) is 21.9. The Morgan fingerprint density at radius 3 is 2.54 bits per heavy atom. The summed E-state index contributed by atoms with van der Waals surface area (Å²) in [4.78, 5) is 19.0. The summed E-state index contributed by atoms with van der Waals surface area (Å²) in [5.41, 5.74) is 0. The molecule has 1 amide bonds. The van der Waals surface area contributed by atoms with Crippen LogP contribution < -0.4 is 0 Å². The smallest absolute Gasteiger partial charge is 0.225 e. The third kappa shape index (κ3) is 3.57. The number of hydrogen-bond donors (Lipinski definition) is 0. The first-order valence-electron chi connectivity index (χ1n) is 10.6. The first-order chi connectivity index (χ1) is 13.8. The highest BCUT2D eigenvalue weighted by atomic mass is 16.5. The van der Waals surface area contributed by atoms with E-state index in [0.29, 0.717) is 24.4 Å². The van der Waals surface area contributed by atoms with Crippen molar-refractivity contribution in [3.05, 3.63) is 30.4 Å². The van der Waals surface area contributed by atoms with Crippen molar-refractivity contribution in [3.63, 3.8) is 0 Å². The maximum atomic E-state index is 12.8. The molecule has 3 aliphatic rings. The molecule has 0 atom stereocenters. The number of aromatic nitrogens is 5. The Balaban J connectivity index is 1.26. The van der Waals surface area contributed by atoms with Gasteiger partial charge in [-0.3, -0.25) is 4.79 Å². The van der Waals surface area contributed by atoms with Crippen molar-refractivity contribution in [2.75, 3.05) is 26.3 Å². The largest absolute Gasteiger partial charge is 0.381 e. The highest BCUT2D eigenvalue weighted by Gasteiger charge is 2.35. The Labute approximate surface area is 164 Å². The minimum Gasteiger partial charge on any atom is -0.381 e. The van der Waals surface area contributed by atoms with Gasteiger partial charge in [-0.1, -0.05) is 0 Å². The molecule has 4 heterocycles. The Morgan fingerprint density at radius 1 is 1.07 bits per heavy atom. The SMILES string of the molecule is O=C(C1CCOCC1)N1CCC(c2nnc(Cn3ccnc3)n2C2CC2)CC1. The van der Waals surface area contributed by atoms with Crippen LogP contribution in [0, 0.1) is 5.92 Å². The lowest BCUT2D eigenvalue weighted by molar-refractivity contribution is -0.139. The van der Waals surface area contributed by atoms with Crippen LogP contribution in [0.5, 0.6) is 0 Å². The number of imidazole rings is 1. The zero-order valence-electron chi connectivity index (χ0n) is 16.2. The molecule has 0 unspecified atom stereocenters. The van der Waals surface area contributed by atoms with Gasteiger partial charge in [-0.25, -0.2) is 4.98 Å². The lowest BCUT2D eigenvalue weighted by atomic mass is 9.93. The molecular formula is C20H28N6O2. The molecule has 1 aliphatic carbocycles. The fourth-order valence-electron chi connectivity index (χ4n) is 4.56. The first kappa shape index (κ1) is 17.8. The second-order valence-corrected chi connectivity index (χ2v) is 8.30. The van der Waals surface area contributed by atoms with Crippen LogP contribution in [0.25, 0.3) is 0 Å². The first-order valence-corrected chi connectivity index (χ1v) is 10.6. The molecule has 2 aromatic rings. The van der Waals surface area contributed by atoms with Crippen molar-refractivity contribution in [1.82, 2.24) is 29.2 Å². The summed E-state index contributed by atoms with van der Waals surface area (Å²) in [7, 11) is 0. The van der Waals surface area contributed by atoms with E-state index >= 15 is 0 Å². The predicted molar refractivity (Wildman–Crippen MR) is 102 cm³/mol. The van der Waals surface area contributed by atoms with Crippen LogP contribution in [0.4, 0.5) is 0 Å². The molecule has 1 saturated carbocycles. The van der Waals surface area contributed by atoms with E-state index in [1.807, 2.05) is 17.1 Å². The van der Waals surface area contributed by atoms with Crippen LogP contribution in [-0.4, -0.2) is 61.4 Å². The molecule has 8 heteroatoms. The van der Waals surface area contributed by atoms with Crippen LogP contribution in [-0.2, 0) is 16.1 Å². The summed E-state index contributed by atoms with van der Waals surface area (Å²) in [6.45, 7) is 3.81. The number of likely N-dealkylation sites (tertiary alicyclic amines) is 1. The highest BCUT2D eigenvalue weighted by Crippen LogP contribution is 2.40. The van der Waals surface area contributed by atoms with Crippen molar-refractivity contribution in [2.45, 2.75) is 57.0 Å². The van der Waals surface area contributed by atoms with Gasteiger partial charge in [0.05, 0.1) is 12.9 Å². The molecule has 3 fully saturated rings. The third-order valence-electron chi connectivity index (χ3n) is 6.33. The zero-order chi connectivity index (χ0) is 18.9. The topological polar surface area (TPSA) is 78.1 Å². The lowest BCUT2D eigenvalue weighted by Gasteiger charge is -2.35. The number of piperidine rings is 1. The third-order valence-corrected chi connectivity index (χ3v) is 6.33. The quantitative estimate of drug-likeness (QED) is 0.788. The number of rotatable bonds is 5. The van der Waals surface area contributed by atoms with Gasteiger partial charge < -0.3 is 18.8 Å². The maximum Gasteiger partial charge on any atom is 0.225 e. The number of carbonyl (C=O) groups excluding carboxylic acids is 1. The van der Waals surface area contributed by atoms with E-state index in [-0.39, 0.29) is 5.92 Å². The average molecular weight is 384 g/mol. The van der Waals surface area contributed by atoms with Crippen LogP contribution >= 0.6 is 0 Å². The van der Waals surface area contributed by atoms with Gasteiger partial charge in [0.2, 0.25) is 5.91 Å². The van der Waals surface area contributed by atoms with Crippen molar-refractivity contribution in [1.29, 1.82) is 0 Å². The molecule has 0 N–H and O–H groups in total. The standard InChI is InChI=1S/C20H28N6O2/c27-20(16-5-11-28-12-6-16)25-8-3-15(4-9-25)19-23-22-18(26(19)17-1-2-17)13-24-10-7-21-14-24/h7,10,14-17H,1-6,8-9,11-13H2. The van der Waals surface area contributed by atoms with E-state index in [1.165, 1.54) is 12.8 Å². The number of amides is 1. The molecular weight excluding hydrogens is 356 g/mol. The monoisotopic (exact) mass is 384 g/mol. The Kier molecular flexibility index (Phi) is 4.88. The molecule has 0 aromatic carbocycles. The average Bonchev–Trinajstić information content (AvgIpc) is 3.29. The molecule has 150 valence electrons. The number of nitrogens with zero attached hydrogens (tertiary/aromatic N) is 6. The van der Waals surface area contributed by atoms with Gasteiger partial charge in [0.25, 0.3) is 0 Å². The molecule has 0 radical (unpaired) electrons. The fourth-order valence-corrected chi connectivity index (χ4v) is 4.56. The van der Waals surface area contributed by atoms with Crippen molar-refractivity contribution < 1.29 is 9.53 Å². The molecule has 8 nitrogen and oxygen atoms in total. The Bertz CT molecular complexity index is 799. The molecule has 0 bridgehead atoms. The maximum absolute atomic E-state index is 12.8. The summed E-state index contributed by atoms with van der Waals surface area (Å²) in [6.07, 6.45) is 11.7. The van der Waals surface area contributed by atoms with Crippen LogP contribution in [0.1, 0.15) is 62.1 Å². The van der Waals surface area contributed by atoms with Crippen LogP contribution in [0.3, 0.4) is 0 Å². The highest BCUT2D eigenvalue weighted by molar-refractivity contribution is 5.79. The zero-order valence-corrected chi connectivity index (χ0v) is 16.2. The van der Waals surface area contributed by atoms with E-state index in [1.54, 1.807) is 6.20 Å².